The van der Waals surface area contributed by atoms with Crippen molar-refractivity contribution in [2.75, 3.05) is 30.9 Å². The van der Waals surface area contributed by atoms with Crippen molar-refractivity contribution in [2.24, 2.45) is 5.92 Å². The first-order valence-electron chi connectivity index (χ1n) is 20.1. The lowest BCUT2D eigenvalue weighted by Crippen LogP contribution is -2.51. The molecule has 0 aliphatic rings. The van der Waals surface area contributed by atoms with Gasteiger partial charge in [0.05, 0.1) is 17.4 Å². The first-order valence-corrected chi connectivity index (χ1v) is 22.4. The van der Waals surface area contributed by atoms with Gasteiger partial charge in [0.2, 0.25) is 5.91 Å². The van der Waals surface area contributed by atoms with Crippen molar-refractivity contribution in [3.8, 4) is 0 Å². The van der Waals surface area contributed by atoms with Crippen LogP contribution < -0.4 is 16.0 Å². The molecule has 0 bridgehead atoms. The Hall–Kier alpha value is -4.29. The lowest BCUT2D eigenvalue weighted by Gasteiger charge is -2.37. The number of hydrogen-bond acceptors (Lipinski definition) is 8. The van der Waals surface area contributed by atoms with E-state index in [1.54, 1.807) is 11.8 Å². The zero-order chi connectivity index (χ0) is 42.0. The molecule has 0 aromatic heterocycles. The van der Waals surface area contributed by atoms with Crippen molar-refractivity contribution < 1.29 is 29.0 Å². The SMILES string of the molecule is CC[C@H](C)C(COC(Cc1ccccc1)C(=O)N[C@H](CCSC)C(=O)O)NCC(CSC(c1ccccc1)(c1ccccc1)c1ccccc1)NC(=O)OC(C)(C)C. The second-order valence-corrected chi connectivity index (χ2v) is 17.7. The summed E-state index contributed by atoms with van der Waals surface area (Å²) in [5.74, 6) is -0.274. The molecule has 0 saturated carbocycles. The van der Waals surface area contributed by atoms with Gasteiger partial charge in [0.25, 0.3) is 0 Å². The van der Waals surface area contributed by atoms with E-state index in [-0.39, 0.29) is 31.0 Å². The highest BCUT2D eigenvalue weighted by Crippen LogP contribution is 2.48. The Kier molecular flexibility index (Phi) is 18.7. The standard InChI is InChI=1S/C47H61N3O6S2/c1-7-34(2)41(32-55-42(30-35-20-12-8-13-21-35)43(51)50-40(44(52)53)28-29-57-6)48-31-39(49-45(54)56-46(3,4)5)33-58-47(36-22-14-9-15-23-36,37-24-16-10-17-25-37)38-26-18-11-19-27-38/h8-27,34,39-42,48H,7,28-33H2,1-6H3,(H,49,54)(H,50,51)(H,52,53)/t34-,39?,40+,41?,42?/m0/s1. The quantitative estimate of drug-likeness (QED) is 0.0545. The number of thioether (sulfide) groups is 2. The van der Waals surface area contributed by atoms with Gasteiger partial charge in [-0.2, -0.15) is 11.8 Å². The summed E-state index contributed by atoms with van der Waals surface area (Å²) in [6.45, 7) is 10.4. The topological polar surface area (TPSA) is 126 Å². The summed E-state index contributed by atoms with van der Waals surface area (Å²) in [6.07, 6.45) is 1.92. The fraction of sp³-hybridized carbons (Fsp3) is 0.426. The van der Waals surface area contributed by atoms with Crippen LogP contribution in [0.25, 0.3) is 0 Å². The molecule has 4 rings (SSSR count). The van der Waals surface area contributed by atoms with Crippen LogP contribution in [0.5, 0.6) is 0 Å². The number of hydrogen-bond donors (Lipinski definition) is 4. The summed E-state index contributed by atoms with van der Waals surface area (Å²) in [6, 6.07) is 39.3. The summed E-state index contributed by atoms with van der Waals surface area (Å²) in [5, 5.41) is 19.5. The Morgan fingerprint density at radius 2 is 1.29 bits per heavy atom. The van der Waals surface area contributed by atoms with Gasteiger partial charge in [-0.25, -0.2) is 9.59 Å². The molecule has 11 heteroatoms. The van der Waals surface area contributed by atoms with Crippen molar-refractivity contribution >= 4 is 41.5 Å². The average molecular weight is 828 g/mol. The third kappa shape index (κ3) is 14.2. The molecular weight excluding hydrogens is 767 g/mol. The van der Waals surface area contributed by atoms with Crippen LogP contribution in [0.2, 0.25) is 0 Å². The fourth-order valence-electron chi connectivity index (χ4n) is 6.66. The molecule has 9 nitrogen and oxygen atoms in total. The highest BCUT2D eigenvalue weighted by molar-refractivity contribution is 8.00. The number of carboxylic acids is 1. The molecule has 4 N–H and O–H groups in total. The molecular formula is C47H61N3O6S2. The van der Waals surface area contributed by atoms with E-state index in [0.717, 1.165) is 28.7 Å². The molecule has 0 saturated heterocycles. The van der Waals surface area contributed by atoms with Crippen LogP contribution in [0.15, 0.2) is 121 Å². The summed E-state index contributed by atoms with van der Waals surface area (Å²) >= 11 is 3.29. The normalized spacial score (nSPS) is 14.4. The minimum absolute atomic E-state index is 0.140. The van der Waals surface area contributed by atoms with Gasteiger partial charge in [0.15, 0.2) is 0 Å². The van der Waals surface area contributed by atoms with E-state index in [1.807, 2.05) is 75.6 Å². The summed E-state index contributed by atoms with van der Waals surface area (Å²) in [4.78, 5) is 39.2. The molecule has 0 aliphatic carbocycles. The first kappa shape index (κ1) is 46.4. The number of benzene rings is 4. The maximum Gasteiger partial charge on any atom is 0.407 e. The van der Waals surface area contributed by atoms with Gasteiger partial charge < -0.3 is 30.5 Å². The third-order valence-corrected chi connectivity index (χ3v) is 12.3. The van der Waals surface area contributed by atoms with Gasteiger partial charge in [-0.1, -0.05) is 142 Å². The van der Waals surface area contributed by atoms with E-state index in [1.165, 1.54) is 11.8 Å². The zero-order valence-corrected chi connectivity index (χ0v) is 36.3. The monoisotopic (exact) mass is 827 g/mol. The molecule has 5 atom stereocenters. The third-order valence-electron chi connectivity index (χ3n) is 9.98. The number of carbonyl (C=O) groups excluding carboxylic acids is 2. The molecule has 3 unspecified atom stereocenters. The average Bonchev–Trinajstić information content (AvgIpc) is 3.22. The van der Waals surface area contributed by atoms with Crippen molar-refractivity contribution in [2.45, 2.75) is 88.5 Å². The van der Waals surface area contributed by atoms with Crippen molar-refractivity contribution in [3.05, 3.63) is 144 Å². The van der Waals surface area contributed by atoms with E-state index in [9.17, 15) is 19.5 Å². The Morgan fingerprint density at radius 3 is 1.76 bits per heavy atom. The predicted molar refractivity (Wildman–Crippen MR) is 239 cm³/mol. The predicted octanol–water partition coefficient (Wildman–Crippen LogP) is 8.56. The second-order valence-electron chi connectivity index (χ2n) is 15.5. The van der Waals surface area contributed by atoms with E-state index < -0.39 is 40.5 Å². The van der Waals surface area contributed by atoms with Crippen LogP contribution in [-0.2, 0) is 30.2 Å². The van der Waals surface area contributed by atoms with Crippen molar-refractivity contribution in [1.82, 2.24) is 16.0 Å². The maximum atomic E-state index is 13.7. The van der Waals surface area contributed by atoms with E-state index >= 15 is 0 Å². The minimum Gasteiger partial charge on any atom is -0.480 e. The van der Waals surface area contributed by atoms with Crippen LogP contribution in [0.1, 0.15) is 69.7 Å². The Bertz CT molecular complexity index is 1720. The van der Waals surface area contributed by atoms with E-state index in [0.29, 0.717) is 24.5 Å². The van der Waals surface area contributed by atoms with Crippen LogP contribution in [-0.4, -0.2) is 83.8 Å². The van der Waals surface area contributed by atoms with Gasteiger partial charge in [0, 0.05) is 24.8 Å². The fourth-order valence-corrected chi connectivity index (χ4v) is 8.69. The summed E-state index contributed by atoms with van der Waals surface area (Å²) in [5.41, 5.74) is 3.58. The molecule has 0 fully saturated rings. The van der Waals surface area contributed by atoms with Crippen molar-refractivity contribution in [1.29, 1.82) is 0 Å². The Morgan fingerprint density at radius 1 is 0.776 bits per heavy atom. The summed E-state index contributed by atoms with van der Waals surface area (Å²) in [7, 11) is 0. The molecule has 4 aromatic rings. The highest BCUT2D eigenvalue weighted by atomic mass is 32.2. The van der Waals surface area contributed by atoms with Crippen molar-refractivity contribution in [3.63, 3.8) is 0 Å². The zero-order valence-electron chi connectivity index (χ0n) is 34.7. The number of ether oxygens (including phenoxy) is 2. The lowest BCUT2D eigenvalue weighted by molar-refractivity contribution is -0.144. The number of nitrogens with one attached hydrogen (secondary N) is 3. The number of carboxylic acid groups (broad SMARTS) is 1. The number of carbonyl (C=O) groups is 3. The van der Waals surface area contributed by atoms with Gasteiger partial charge in [-0.05, 0) is 67.4 Å². The van der Waals surface area contributed by atoms with Crippen LogP contribution >= 0.6 is 23.5 Å². The molecule has 0 radical (unpaired) electrons. The molecule has 4 aromatic carbocycles. The number of alkyl carbamates (subject to hydrolysis) is 1. The van der Waals surface area contributed by atoms with E-state index in [4.69, 9.17) is 9.47 Å². The largest absolute Gasteiger partial charge is 0.480 e. The van der Waals surface area contributed by atoms with Crippen LogP contribution in [0.3, 0.4) is 0 Å². The van der Waals surface area contributed by atoms with Gasteiger partial charge >= 0.3 is 12.1 Å². The summed E-state index contributed by atoms with van der Waals surface area (Å²) < 4.78 is 11.6. The van der Waals surface area contributed by atoms with Crippen LogP contribution in [0, 0.1) is 5.92 Å². The highest BCUT2D eigenvalue weighted by Gasteiger charge is 2.38. The van der Waals surface area contributed by atoms with Gasteiger partial charge in [-0.3, -0.25) is 4.79 Å². The molecule has 0 spiro atoms. The Labute approximate surface area is 353 Å². The molecule has 312 valence electrons. The molecule has 0 heterocycles. The van der Waals surface area contributed by atoms with Gasteiger partial charge in [0.1, 0.15) is 17.7 Å². The molecule has 0 aliphatic heterocycles. The van der Waals surface area contributed by atoms with E-state index in [2.05, 4.69) is 103 Å². The smallest absolute Gasteiger partial charge is 0.407 e. The number of rotatable bonds is 23. The van der Waals surface area contributed by atoms with Crippen LogP contribution in [0.4, 0.5) is 4.79 Å². The first-order chi connectivity index (χ1) is 27.9. The maximum absolute atomic E-state index is 13.7. The van der Waals surface area contributed by atoms with Gasteiger partial charge in [-0.15, -0.1) is 11.8 Å². The Balaban J connectivity index is 1.62. The lowest BCUT2D eigenvalue weighted by atomic mass is 9.84. The second kappa shape index (κ2) is 23.3. The molecule has 58 heavy (non-hydrogen) atoms. The number of amides is 2. The minimum atomic E-state index is -1.07. The number of aliphatic carboxylic acids is 1. The molecule has 2 amide bonds.